The smallest absolute Gasteiger partial charge is 0.471 e. The molecular formula is C29H29F6N3O5. The van der Waals surface area contributed by atoms with Crippen LogP contribution in [0.4, 0.5) is 37.7 Å². The van der Waals surface area contributed by atoms with Gasteiger partial charge in [-0.05, 0) is 60.9 Å². The number of carbonyl (C=O) groups is 2. The van der Waals surface area contributed by atoms with Gasteiger partial charge in [0.15, 0.2) is 0 Å². The maximum atomic E-state index is 12.6. The molecule has 0 fully saturated rings. The highest BCUT2D eigenvalue weighted by molar-refractivity contribution is 5.95. The number of benzene rings is 3. The molecule has 0 aliphatic heterocycles. The van der Waals surface area contributed by atoms with Crippen LogP contribution in [0.25, 0.3) is 0 Å². The van der Waals surface area contributed by atoms with Crippen molar-refractivity contribution < 1.29 is 50.9 Å². The van der Waals surface area contributed by atoms with Crippen molar-refractivity contribution in [2.75, 3.05) is 23.8 Å². The van der Waals surface area contributed by atoms with Crippen LogP contribution in [0.2, 0.25) is 0 Å². The predicted molar refractivity (Wildman–Crippen MR) is 145 cm³/mol. The van der Waals surface area contributed by atoms with Crippen molar-refractivity contribution in [3.05, 3.63) is 90.0 Å². The molecule has 2 atom stereocenters. The van der Waals surface area contributed by atoms with E-state index in [4.69, 9.17) is 4.74 Å². The fourth-order valence-corrected chi connectivity index (χ4v) is 4.09. The van der Waals surface area contributed by atoms with Gasteiger partial charge in [-0.25, -0.2) is 0 Å². The van der Waals surface area contributed by atoms with Crippen LogP contribution in [-0.2, 0) is 15.2 Å². The van der Waals surface area contributed by atoms with E-state index in [1.807, 2.05) is 6.07 Å². The predicted octanol–water partition coefficient (Wildman–Crippen LogP) is 4.73. The lowest BCUT2D eigenvalue weighted by atomic mass is 9.81. The summed E-state index contributed by atoms with van der Waals surface area (Å²) in [4.78, 5) is 22.6. The van der Waals surface area contributed by atoms with Crippen LogP contribution in [0.15, 0.2) is 78.9 Å². The molecule has 0 spiro atoms. The van der Waals surface area contributed by atoms with E-state index in [1.165, 1.54) is 24.3 Å². The van der Waals surface area contributed by atoms with E-state index < -0.39 is 41.9 Å². The molecule has 1 unspecified atom stereocenters. The first kappa shape index (κ1) is 33.4. The number of amides is 2. The second-order valence-corrected chi connectivity index (χ2v) is 9.71. The summed E-state index contributed by atoms with van der Waals surface area (Å²) >= 11 is 0. The molecule has 0 aliphatic rings. The molecule has 43 heavy (non-hydrogen) atoms. The summed E-state index contributed by atoms with van der Waals surface area (Å²) in [6, 6.07) is 18.1. The topological polar surface area (TPSA) is 120 Å². The number of rotatable bonds is 12. The Balaban J connectivity index is 1.78. The summed E-state index contributed by atoms with van der Waals surface area (Å²) in [6.07, 6.45) is -11.2. The van der Waals surface area contributed by atoms with Crippen molar-refractivity contribution in [1.82, 2.24) is 5.32 Å². The third-order valence-electron chi connectivity index (χ3n) is 6.24. The first-order valence-electron chi connectivity index (χ1n) is 12.9. The van der Waals surface area contributed by atoms with Crippen LogP contribution in [0.1, 0.15) is 24.5 Å². The number of aliphatic hydroxyl groups is 2. The largest absolute Gasteiger partial charge is 0.491 e. The second kappa shape index (κ2) is 13.9. The van der Waals surface area contributed by atoms with Crippen molar-refractivity contribution in [2.24, 2.45) is 0 Å². The zero-order valence-corrected chi connectivity index (χ0v) is 22.7. The van der Waals surface area contributed by atoms with Crippen molar-refractivity contribution in [1.29, 1.82) is 0 Å². The minimum atomic E-state index is -5.11. The fourth-order valence-electron chi connectivity index (χ4n) is 4.09. The molecule has 0 radical (unpaired) electrons. The van der Waals surface area contributed by atoms with E-state index in [0.717, 1.165) is 24.3 Å². The summed E-state index contributed by atoms with van der Waals surface area (Å²) < 4.78 is 81.3. The molecule has 3 rings (SSSR count). The van der Waals surface area contributed by atoms with Crippen LogP contribution < -0.4 is 20.7 Å². The number of alkyl halides is 6. The Kier molecular flexibility index (Phi) is 10.8. The summed E-state index contributed by atoms with van der Waals surface area (Å²) in [5.41, 5.74) is -1.85. The van der Waals surface area contributed by atoms with Crippen LogP contribution in [0.3, 0.4) is 0 Å². The number of carbonyl (C=O) groups excluding carboxylic acids is 2. The van der Waals surface area contributed by atoms with Crippen molar-refractivity contribution in [2.45, 2.75) is 43.4 Å². The van der Waals surface area contributed by atoms with Gasteiger partial charge in [0, 0.05) is 24.0 Å². The van der Waals surface area contributed by atoms with Crippen molar-refractivity contribution in [3.63, 3.8) is 0 Å². The molecule has 0 saturated carbocycles. The number of hydrogen-bond acceptors (Lipinski definition) is 6. The minimum Gasteiger partial charge on any atom is -0.491 e. The zero-order valence-electron chi connectivity index (χ0n) is 22.7. The first-order valence-corrected chi connectivity index (χ1v) is 12.9. The van der Waals surface area contributed by atoms with Crippen LogP contribution in [0.5, 0.6) is 5.75 Å². The number of hydrogen-bond donors (Lipinski definition) is 5. The normalized spacial score (nSPS) is 13.6. The Morgan fingerprint density at radius 2 is 1.21 bits per heavy atom. The lowest BCUT2D eigenvalue weighted by molar-refractivity contribution is -0.167. The molecule has 2 amide bonds. The van der Waals surface area contributed by atoms with Crippen molar-refractivity contribution >= 4 is 23.2 Å². The van der Waals surface area contributed by atoms with E-state index in [9.17, 15) is 46.1 Å². The molecule has 0 bridgehead atoms. The Labute approximate surface area is 242 Å². The molecule has 3 aromatic carbocycles. The monoisotopic (exact) mass is 613 g/mol. The van der Waals surface area contributed by atoms with Gasteiger partial charge < -0.3 is 30.9 Å². The molecule has 0 heterocycles. The van der Waals surface area contributed by atoms with E-state index >= 15 is 0 Å². The van der Waals surface area contributed by atoms with Crippen LogP contribution in [0, 0.1) is 0 Å². The molecule has 3 aromatic rings. The number of anilines is 2. The lowest BCUT2D eigenvalue weighted by Crippen LogP contribution is -2.41. The highest BCUT2D eigenvalue weighted by Crippen LogP contribution is 2.36. The average Bonchev–Trinajstić information content (AvgIpc) is 2.95. The van der Waals surface area contributed by atoms with Gasteiger partial charge in [-0.2, -0.15) is 26.3 Å². The number of halogens is 6. The number of nitrogens with one attached hydrogen (secondary N) is 3. The number of para-hydroxylation sites is 1. The van der Waals surface area contributed by atoms with Crippen molar-refractivity contribution in [3.8, 4) is 5.75 Å². The second-order valence-electron chi connectivity index (χ2n) is 9.71. The van der Waals surface area contributed by atoms with E-state index in [0.29, 0.717) is 5.75 Å². The molecule has 5 N–H and O–H groups in total. The Hall–Kier alpha value is -4.14. The quantitative estimate of drug-likeness (QED) is 0.189. The number of ether oxygens (including phenoxy) is 1. The lowest BCUT2D eigenvalue weighted by Gasteiger charge is -2.33. The van der Waals surface area contributed by atoms with Gasteiger partial charge in [0.05, 0.1) is 0 Å². The molecule has 14 heteroatoms. The van der Waals surface area contributed by atoms with Gasteiger partial charge in [0.1, 0.15) is 24.1 Å². The molecule has 0 aromatic heterocycles. The Bertz CT molecular complexity index is 1280. The van der Waals surface area contributed by atoms with Gasteiger partial charge >= 0.3 is 24.2 Å². The molecule has 0 saturated heterocycles. The van der Waals surface area contributed by atoms with E-state index in [2.05, 4.69) is 5.32 Å². The maximum absolute atomic E-state index is 12.6. The molecule has 232 valence electrons. The summed E-state index contributed by atoms with van der Waals surface area (Å²) in [7, 11) is 0. The summed E-state index contributed by atoms with van der Waals surface area (Å²) in [6.45, 7) is 1.74. The SMILES string of the molecule is CC(CC(O)(c1ccc(NC(=O)C(F)(F)F)cc1)c1ccc(NC(=O)C(F)(F)F)cc1)NC[C@H](O)COc1ccccc1. The minimum absolute atomic E-state index is 0.0236. The molecule has 8 nitrogen and oxygen atoms in total. The summed E-state index contributed by atoms with van der Waals surface area (Å²) in [5, 5.41) is 28.7. The third kappa shape index (κ3) is 9.70. The Morgan fingerprint density at radius 3 is 1.63 bits per heavy atom. The average molecular weight is 614 g/mol. The van der Waals surface area contributed by atoms with Gasteiger partial charge in [0.25, 0.3) is 0 Å². The van der Waals surface area contributed by atoms with Gasteiger partial charge in [-0.3, -0.25) is 9.59 Å². The maximum Gasteiger partial charge on any atom is 0.471 e. The van der Waals surface area contributed by atoms with Gasteiger partial charge in [-0.15, -0.1) is 0 Å². The highest BCUT2D eigenvalue weighted by Gasteiger charge is 2.40. The fraction of sp³-hybridized carbons (Fsp3) is 0.310. The van der Waals surface area contributed by atoms with E-state index in [-0.39, 0.29) is 42.1 Å². The molecular weight excluding hydrogens is 584 g/mol. The third-order valence-corrected chi connectivity index (χ3v) is 6.24. The van der Waals surface area contributed by atoms with Crippen LogP contribution in [-0.4, -0.2) is 59.7 Å². The standard InChI is InChI=1S/C29H29F6N3O5/c1-18(36-16-23(39)17-43-24-5-3-2-4-6-24)15-27(42,19-7-11-21(12-8-19)37-25(40)28(30,31)32)20-9-13-22(14-10-20)38-26(41)29(33,34)35/h2-14,18,23,36,39,42H,15-17H2,1H3,(H,37,40)(H,38,41)/t18?,23-/m0/s1. The molecule has 0 aliphatic carbocycles. The summed E-state index contributed by atoms with van der Waals surface area (Å²) in [5.74, 6) is -3.80. The number of aliphatic hydroxyl groups excluding tert-OH is 1. The van der Waals surface area contributed by atoms with Gasteiger partial charge in [0.2, 0.25) is 0 Å². The Morgan fingerprint density at radius 1 is 0.767 bits per heavy atom. The van der Waals surface area contributed by atoms with Gasteiger partial charge in [-0.1, -0.05) is 42.5 Å². The zero-order chi connectivity index (χ0) is 31.8. The van der Waals surface area contributed by atoms with Crippen LogP contribution >= 0.6 is 0 Å². The highest BCUT2D eigenvalue weighted by atomic mass is 19.4. The first-order chi connectivity index (χ1) is 20.1. The van der Waals surface area contributed by atoms with E-state index in [1.54, 1.807) is 41.8 Å².